The van der Waals surface area contributed by atoms with E-state index in [1.807, 2.05) is 44.2 Å². The molecule has 1 N–H and O–H groups in total. The summed E-state index contributed by atoms with van der Waals surface area (Å²) in [6.07, 6.45) is 1.70. The van der Waals surface area contributed by atoms with Crippen molar-refractivity contribution in [3.05, 3.63) is 58.2 Å². The van der Waals surface area contributed by atoms with Crippen LogP contribution in [0.4, 0.5) is 5.82 Å². The number of hydrogen-bond acceptors (Lipinski definition) is 3. The SMILES string of the molecule is Cc1ccnc(NC(C)c2ccc(Cl)cc2)c1C#N. The van der Waals surface area contributed by atoms with E-state index in [1.54, 1.807) is 6.20 Å². The Bertz CT molecular complexity index is 614. The lowest BCUT2D eigenvalue weighted by molar-refractivity contribution is 0.873. The van der Waals surface area contributed by atoms with Crippen molar-refractivity contribution >= 4 is 17.4 Å². The molecule has 1 aromatic carbocycles. The molecule has 2 aromatic rings. The minimum absolute atomic E-state index is 0.0543. The molecule has 19 heavy (non-hydrogen) atoms. The first-order chi connectivity index (χ1) is 9.11. The molecule has 2 rings (SSSR count). The summed E-state index contributed by atoms with van der Waals surface area (Å²) in [6.45, 7) is 3.92. The van der Waals surface area contributed by atoms with E-state index in [2.05, 4.69) is 16.4 Å². The van der Waals surface area contributed by atoms with Crippen molar-refractivity contribution in [2.45, 2.75) is 19.9 Å². The molecular weight excluding hydrogens is 258 g/mol. The zero-order valence-corrected chi connectivity index (χ0v) is 11.6. The number of aryl methyl sites for hydroxylation is 1. The Balaban J connectivity index is 2.24. The van der Waals surface area contributed by atoms with Gasteiger partial charge in [0.1, 0.15) is 11.9 Å². The summed E-state index contributed by atoms with van der Waals surface area (Å²) in [5.74, 6) is 0.616. The Morgan fingerprint density at radius 3 is 2.58 bits per heavy atom. The molecule has 96 valence electrons. The van der Waals surface area contributed by atoms with E-state index in [0.29, 0.717) is 16.4 Å². The Kier molecular flexibility index (Phi) is 4.03. The van der Waals surface area contributed by atoms with Gasteiger partial charge in [0.05, 0.1) is 5.56 Å². The lowest BCUT2D eigenvalue weighted by Gasteiger charge is -2.16. The Morgan fingerprint density at radius 1 is 1.26 bits per heavy atom. The van der Waals surface area contributed by atoms with E-state index in [-0.39, 0.29) is 6.04 Å². The van der Waals surface area contributed by atoms with Gasteiger partial charge in [0.25, 0.3) is 0 Å². The van der Waals surface area contributed by atoms with Gasteiger partial charge in [-0.1, -0.05) is 23.7 Å². The standard InChI is InChI=1S/C15H14ClN3/c1-10-7-8-18-15(14(10)9-17)19-11(2)12-3-5-13(16)6-4-12/h3-8,11H,1-2H3,(H,18,19). The van der Waals surface area contributed by atoms with Crippen LogP contribution in [0.1, 0.15) is 29.7 Å². The van der Waals surface area contributed by atoms with E-state index < -0.39 is 0 Å². The summed E-state index contributed by atoms with van der Waals surface area (Å²) in [5.41, 5.74) is 2.60. The highest BCUT2D eigenvalue weighted by molar-refractivity contribution is 6.30. The fourth-order valence-corrected chi connectivity index (χ4v) is 1.97. The molecule has 0 amide bonds. The number of rotatable bonds is 3. The van der Waals surface area contributed by atoms with Crippen LogP contribution in [0.15, 0.2) is 36.5 Å². The predicted molar refractivity (Wildman–Crippen MR) is 77.2 cm³/mol. The summed E-state index contributed by atoms with van der Waals surface area (Å²) in [5, 5.41) is 13.1. The van der Waals surface area contributed by atoms with Gasteiger partial charge in [0, 0.05) is 17.3 Å². The summed E-state index contributed by atoms with van der Waals surface area (Å²) >= 11 is 5.87. The van der Waals surface area contributed by atoms with Crippen molar-refractivity contribution in [2.24, 2.45) is 0 Å². The molecule has 0 bridgehead atoms. The zero-order valence-electron chi connectivity index (χ0n) is 10.8. The monoisotopic (exact) mass is 271 g/mol. The zero-order chi connectivity index (χ0) is 13.8. The van der Waals surface area contributed by atoms with Gasteiger partial charge < -0.3 is 5.32 Å². The number of nitriles is 1. The van der Waals surface area contributed by atoms with Crippen molar-refractivity contribution in [1.29, 1.82) is 5.26 Å². The maximum Gasteiger partial charge on any atom is 0.144 e. The van der Waals surface area contributed by atoms with E-state index in [0.717, 1.165) is 11.1 Å². The second-order valence-electron chi connectivity index (χ2n) is 4.38. The van der Waals surface area contributed by atoms with Crippen LogP contribution in [0.25, 0.3) is 0 Å². The Labute approximate surface area is 117 Å². The third-order valence-corrected chi connectivity index (χ3v) is 3.25. The number of pyridine rings is 1. The summed E-state index contributed by atoms with van der Waals surface area (Å²) < 4.78 is 0. The molecule has 0 radical (unpaired) electrons. The van der Waals surface area contributed by atoms with Crippen molar-refractivity contribution in [3.63, 3.8) is 0 Å². The van der Waals surface area contributed by atoms with Gasteiger partial charge >= 0.3 is 0 Å². The second kappa shape index (κ2) is 5.73. The van der Waals surface area contributed by atoms with Gasteiger partial charge in [-0.25, -0.2) is 4.98 Å². The van der Waals surface area contributed by atoms with E-state index in [4.69, 9.17) is 11.6 Å². The number of aromatic nitrogens is 1. The average molecular weight is 272 g/mol. The van der Waals surface area contributed by atoms with Gasteiger partial charge in [0.15, 0.2) is 0 Å². The minimum Gasteiger partial charge on any atom is -0.362 e. The number of hydrogen-bond donors (Lipinski definition) is 1. The molecule has 0 aliphatic carbocycles. The predicted octanol–water partition coefficient (Wildman–Crippen LogP) is 4.09. The first kappa shape index (κ1) is 13.4. The van der Waals surface area contributed by atoms with Crippen molar-refractivity contribution in [2.75, 3.05) is 5.32 Å². The molecule has 1 atom stereocenters. The lowest BCUT2D eigenvalue weighted by atomic mass is 10.1. The van der Waals surface area contributed by atoms with Crippen LogP contribution in [0.3, 0.4) is 0 Å². The highest BCUT2D eigenvalue weighted by Crippen LogP contribution is 2.23. The molecule has 0 fully saturated rings. The van der Waals surface area contributed by atoms with Gasteiger partial charge in [-0.05, 0) is 43.2 Å². The maximum absolute atomic E-state index is 9.17. The maximum atomic E-state index is 9.17. The fourth-order valence-electron chi connectivity index (χ4n) is 1.85. The van der Waals surface area contributed by atoms with Crippen molar-refractivity contribution in [3.8, 4) is 6.07 Å². The number of benzene rings is 1. The topological polar surface area (TPSA) is 48.7 Å². The Hall–Kier alpha value is -2.05. The minimum atomic E-state index is 0.0543. The highest BCUT2D eigenvalue weighted by Gasteiger charge is 2.11. The van der Waals surface area contributed by atoms with Gasteiger partial charge in [-0.3, -0.25) is 0 Å². The van der Waals surface area contributed by atoms with Gasteiger partial charge in [0.2, 0.25) is 0 Å². The molecule has 0 aliphatic rings. The van der Waals surface area contributed by atoms with Crippen LogP contribution in [-0.4, -0.2) is 4.98 Å². The molecule has 0 aliphatic heterocycles. The summed E-state index contributed by atoms with van der Waals surface area (Å²) in [7, 11) is 0. The van der Waals surface area contributed by atoms with Crippen LogP contribution in [0, 0.1) is 18.3 Å². The van der Waals surface area contributed by atoms with Crippen LogP contribution >= 0.6 is 11.6 Å². The molecule has 1 aromatic heterocycles. The molecule has 0 saturated heterocycles. The van der Waals surface area contributed by atoms with Crippen molar-refractivity contribution < 1.29 is 0 Å². The van der Waals surface area contributed by atoms with Gasteiger partial charge in [-0.2, -0.15) is 5.26 Å². The number of halogens is 1. The molecule has 0 saturated carbocycles. The first-order valence-electron chi connectivity index (χ1n) is 5.99. The number of anilines is 1. The Morgan fingerprint density at radius 2 is 1.95 bits per heavy atom. The summed E-state index contributed by atoms with van der Waals surface area (Å²) in [6, 6.07) is 11.7. The molecule has 0 spiro atoms. The second-order valence-corrected chi connectivity index (χ2v) is 4.82. The fraction of sp³-hybridized carbons (Fsp3) is 0.200. The molecular formula is C15H14ClN3. The van der Waals surface area contributed by atoms with Crippen LogP contribution in [-0.2, 0) is 0 Å². The third kappa shape index (κ3) is 3.04. The molecule has 1 unspecified atom stereocenters. The lowest BCUT2D eigenvalue weighted by Crippen LogP contribution is -2.09. The van der Waals surface area contributed by atoms with Gasteiger partial charge in [-0.15, -0.1) is 0 Å². The van der Waals surface area contributed by atoms with Crippen LogP contribution in [0.5, 0.6) is 0 Å². The van der Waals surface area contributed by atoms with E-state index >= 15 is 0 Å². The van der Waals surface area contributed by atoms with Crippen LogP contribution in [0.2, 0.25) is 5.02 Å². The highest BCUT2D eigenvalue weighted by atomic mass is 35.5. The molecule has 4 heteroatoms. The average Bonchev–Trinajstić information content (AvgIpc) is 2.39. The number of nitrogens with zero attached hydrogens (tertiary/aromatic N) is 2. The third-order valence-electron chi connectivity index (χ3n) is 2.99. The number of nitrogens with one attached hydrogen (secondary N) is 1. The normalized spacial score (nSPS) is 11.7. The van der Waals surface area contributed by atoms with E-state index in [1.165, 1.54) is 0 Å². The summed E-state index contributed by atoms with van der Waals surface area (Å²) in [4.78, 5) is 4.23. The smallest absolute Gasteiger partial charge is 0.144 e. The van der Waals surface area contributed by atoms with E-state index in [9.17, 15) is 5.26 Å². The largest absolute Gasteiger partial charge is 0.362 e. The first-order valence-corrected chi connectivity index (χ1v) is 6.37. The van der Waals surface area contributed by atoms with Crippen molar-refractivity contribution in [1.82, 2.24) is 4.98 Å². The molecule has 1 heterocycles. The van der Waals surface area contributed by atoms with Crippen LogP contribution < -0.4 is 5.32 Å². The quantitative estimate of drug-likeness (QED) is 0.915. The molecule has 3 nitrogen and oxygen atoms in total.